The lowest BCUT2D eigenvalue weighted by Gasteiger charge is -2.30. The lowest BCUT2D eigenvalue weighted by molar-refractivity contribution is -0.121. The number of hydrogen-bond acceptors (Lipinski definition) is 4. The summed E-state index contributed by atoms with van der Waals surface area (Å²) in [5.74, 6) is 0.264. The molecule has 3 aromatic rings. The fraction of sp³-hybridized carbons (Fsp3) is 0.304. The van der Waals surface area contributed by atoms with Gasteiger partial charge in [0.1, 0.15) is 5.82 Å². The zero-order valence-electron chi connectivity index (χ0n) is 17.7. The third kappa shape index (κ3) is 5.03. The fourth-order valence-corrected chi connectivity index (χ4v) is 5.37. The van der Waals surface area contributed by atoms with E-state index in [9.17, 15) is 13.2 Å². The number of aryl methyl sites for hydroxylation is 1. The van der Waals surface area contributed by atoms with E-state index in [1.54, 1.807) is 29.1 Å². The van der Waals surface area contributed by atoms with E-state index in [1.165, 1.54) is 22.0 Å². The maximum atomic E-state index is 12.8. The fourth-order valence-electron chi connectivity index (χ4n) is 3.77. The van der Waals surface area contributed by atoms with Crippen LogP contribution in [0, 0.1) is 12.8 Å². The van der Waals surface area contributed by atoms with Gasteiger partial charge in [-0.3, -0.25) is 4.79 Å². The Hall–Kier alpha value is -2.68. The summed E-state index contributed by atoms with van der Waals surface area (Å²) in [6, 6.07) is 16.1. The normalized spacial score (nSPS) is 15.6. The van der Waals surface area contributed by atoms with E-state index in [4.69, 9.17) is 11.6 Å². The second-order valence-electron chi connectivity index (χ2n) is 7.98. The Labute approximate surface area is 193 Å². The Morgan fingerprint density at radius 2 is 1.72 bits per heavy atom. The number of carbonyl (C=O) groups is 1. The van der Waals surface area contributed by atoms with E-state index in [0.717, 1.165) is 5.56 Å². The molecule has 0 saturated carbocycles. The Balaban J connectivity index is 1.36. The Bertz CT molecular complexity index is 1180. The molecule has 0 spiro atoms. The van der Waals surface area contributed by atoms with Gasteiger partial charge in [0.05, 0.1) is 17.6 Å². The number of nitrogens with zero attached hydrogens (tertiary/aromatic N) is 3. The van der Waals surface area contributed by atoms with Crippen molar-refractivity contribution in [2.75, 3.05) is 18.4 Å². The van der Waals surface area contributed by atoms with Crippen molar-refractivity contribution in [3.63, 3.8) is 0 Å². The van der Waals surface area contributed by atoms with Crippen molar-refractivity contribution in [2.24, 2.45) is 5.92 Å². The SMILES string of the molecule is Cc1ccc(Cn2nccc2NC(=O)C2CCN(S(=O)(=O)c3ccc(Cl)cc3)CC2)cc1. The highest BCUT2D eigenvalue weighted by molar-refractivity contribution is 7.89. The molecule has 0 atom stereocenters. The van der Waals surface area contributed by atoms with E-state index in [1.807, 2.05) is 31.2 Å². The predicted molar refractivity (Wildman–Crippen MR) is 124 cm³/mol. The van der Waals surface area contributed by atoms with Gasteiger partial charge in [0.25, 0.3) is 0 Å². The number of anilines is 1. The molecular weight excluding hydrogens is 448 g/mol. The molecule has 1 aliphatic rings. The molecular formula is C23H25ClN4O3S. The van der Waals surface area contributed by atoms with Crippen LogP contribution in [-0.2, 0) is 21.4 Å². The number of benzene rings is 2. The summed E-state index contributed by atoms with van der Waals surface area (Å²) in [6.45, 7) is 3.19. The molecule has 0 aliphatic carbocycles. The summed E-state index contributed by atoms with van der Waals surface area (Å²) in [4.78, 5) is 13.1. The topological polar surface area (TPSA) is 84.3 Å². The molecule has 1 aromatic heterocycles. The lowest BCUT2D eigenvalue weighted by atomic mass is 9.97. The van der Waals surface area contributed by atoms with Crippen LogP contribution in [0.5, 0.6) is 0 Å². The predicted octanol–water partition coefficient (Wildman–Crippen LogP) is 3.93. The van der Waals surface area contributed by atoms with Crippen LogP contribution in [0.3, 0.4) is 0 Å². The molecule has 2 heterocycles. The van der Waals surface area contributed by atoms with Gasteiger partial charge in [-0.25, -0.2) is 13.1 Å². The smallest absolute Gasteiger partial charge is 0.243 e. The molecule has 1 fully saturated rings. The minimum atomic E-state index is -3.59. The number of halogens is 1. The highest BCUT2D eigenvalue weighted by atomic mass is 35.5. The highest BCUT2D eigenvalue weighted by Gasteiger charge is 2.32. The van der Waals surface area contributed by atoms with Gasteiger partial charge in [0.15, 0.2) is 0 Å². The van der Waals surface area contributed by atoms with Crippen LogP contribution in [-0.4, -0.2) is 41.5 Å². The van der Waals surface area contributed by atoms with Crippen LogP contribution in [0.4, 0.5) is 5.82 Å². The van der Waals surface area contributed by atoms with E-state index >= 15 is 0 Å². The molecule has 1 amide bonds. The minimum Gasteiger partial charge on any atom is -0.311 e. The van der Waals surface area contributed by atoms with E-state index in [2.05, 4.69) is 10.4 Å². The summed E-state index contributed by atoms with van der Waals surface area (Å²) < 4.78 is 28.9. The molecule has 168 valence electrons. The van der Waals surface area contributed by atoms with E-state index in [-0.39, 0.29) is 16.7 Å². The second kappa shape index (κ2) is 9.44. The molecule has 0 radical (unpaired) electrons. The zero-order valence-corrected chi connectivity index (χ0v) is 19.3. The van der Waals surface area contributed by atoms with Crippen LogP contribution in [0.15, 0.2) is 65.7 Å². The van der Waals surface area contributed by atoms with Crippen molar-refractivity contribution < 1.29 is 13.2 Å². The minimum absolute atomic E-state index is 0.112. The van der Waals surface area contributed by atoms with E-state index < -0.39 is 10.0 Å². The lowest BCUT2D eigenvalue weighted by Crippen LogP contribution is -2.41. The number of nitrogens with one attached hydrogen (secondary N) is 1. The zero-order chi connectivity index (χ0) is 22.7. The first-order valence-corrected chi connectivity index (χ1v) is 12.3. The van der Waals surface area contributed by atoms with Gasteiger partial charge in [0.2, 0.25) is 15.9 Å². The van der Waals surface area contributed by atoms with Crippen LogP contribution in [0.2, 0.25) is 5.02 Å². The first kappa shape index (κ1) is 22.5. The highest BCUT2D eigenvalue weighted by Crippen LogP contribution is 2.26. The van der Waals surface area contributed by atoms with Crippen molar-refractivity contribution in [2.45, 2.75) is 31.2 Å². The standard InChI is InChI=1S/C23H25ClN4O3S/c1-17-2-4-18(5-3-17)16-28-22(10-13-25-28)26-23(29)19-11-14-27(15-12-19)32(30,31)21-8-6-20(24)7-9-21/h2-10,13,19H,11-12,14-16H2,1H3,(H,26,29). The van der Waals surface area contributed by atoms with Crippen LogP contribution >= 0.6 is 11.6 Å². The summed E-state index contributed by atoms with van der Waals surface area (Å²) >= 11 is 5.86. The molecule has 0 unspecified atom stereocenters. The van der Waals surface area contributed by atoms with Crippen molar-refractivity contribution in [1.82, 2.24) is 14.1 Å². The van der Waals surface area contributed by atoms with Crippen LogP contribution in [0.25, 0.3) is 0 Å². The average Bonchev–Trinajstić information content (AvgIpc) is 3.22. The first-order chi connectivity index (χ1) is 15.3. The molecule has 1 aliphatic heterocycles. The van der Waals surface area contributed by atoms with Gasteiger partial charge in [-0.1, -0.05) is 41.4 Å². The van der Waals surface area contributed by atoms with Crippen molar-refractivity contribution in [3.8, 4) is 0 Å². The summed E-state index contributed by atoms with van der Waals surface area (Å²) in [5, 5.41) is 7.77. The van der Waals surface area contributed by atoms with Gasteiger partial charge in [-0.05, 0) is 49.6 Å². The molecule has 0 bridgehead atoms. The third-order valence-corrected chi connectivity index (χ3v) is 7.86. The number of aromatic nitrogens is 2. The molecule has 1 N–H and O–H groups in total. The van der Waals surface area contributed by atoms with Crippen LogP contribution < -0.4 is 5.32 Å². The summed E-state index contributed by atoms with van der Waals surface area (Å²) in [7, 11) is -3.59. The van der Waals surface area contributed by atoms with Gasteiger partial charge in [-0.2, -0.15) is 9.40 Å². The Kier molecular flexibility index (Phi) is 6.64. The molecule has 32 heavy (non-hydrogen) atoms. The van der Waals surface area contributed by atoms with Crippen molar-refractivity contribution >= 4 is 33.3 Å². The largest absolute Gasteiger partial charge is 0.311 e. The molecule has 4 rings (SSSR count). The molecule has 9 heteroatoms. The van der Waals surface area contributed by atoms with Gasteiger partial charge >= 0.3 is 0 Å². The average molecular weight is 473 g/mol. The monoisotopic (exact) mass is 472 g/mol. The van der Waals surface area contributed by atoms with E-state index in [0.29, 0.717) is 43.3 Å². The Morgan fingerprint density at radius 3 is 2.38 bits per heavy atom. The number of amides is 1. The molecule has 1 saturated heterocycles. The molecule has 7 nitrogen and oxygen atoms in total. The van der Waals surface area contributed by atoms with Gasteiger partial charge in [-0.15, -0.1) is 0 Å². The number of sulfonamides is 1. The summed E-state index contributed by atoms with van der Waals surface area (Å²) in [5.41, 5.74) is 2.28. The maximum absolute atomic E-state index is 12.8. The molecule has 2 aromatic carbocycles. The first-order valence-electron chi connectivity index (χ1n) is 10.5. The van der Waals surface area contributed by atoms with Crippen LogP contribution in [0.1, 0.15) is 24.0 Å². The second-order valence-corrected chi connectivity index (χ2v) is 10.4. The number of hydrogen-bond donors (Lipinski definition) is 1. The third-order valence-electron chi connectivity index (χ3n) is 5.70. The number of piperidine rings is 1. The van der Waals surface area contributed by atoms with Gasteiger partial charge in [0, 0.05) is 30.1 Å². The Morgan fingerprint density at radius 1 is 1.06 bits per heavy atom. The maximum Gasteiger partial charge on any atom is 0.243 e. The summed E-state index contributed by atoms with van der Waals surface area (Å²) in [6.07, 6.45) is 2.58. The van der Waals surface area contributed by atoms with Crippen molar-refractivity contribution in [3.05, 3.63) is 76.9 Å². The quantitative estimate of drug-likeness (QED) is 0.589. The number of rotatable bonds is 6. The van der Waals surface area contributed by atoms with Gasteiger partial charge < -0.3 is 5.32 Å². The number of carbonyl (C=O) groups excluding carboxylic acids is 1. The van der Waals surface area contributed by atoms with Crippen molar-refractivity contribution in [1.29, 1.82) is 0 Å².